The molecule has 0 atom stereocenters. The van der Waals surface area contributed by atoms with Crippen LogP contribution in [0.1, 0.15) is 31.7 Å². The highest BCUT2D eigenvalue weighted by Gasteiger charge is 2.44. The van der Waals surface area contributed by atoms with E-state index in [1.807, 2.05) is 18.2 Å². The van der Waals surface area contributed by atoms with Crippen molar-refractivity contribution in [1.82, 2.24) is 5.32 Å². The molecule has 1 N–H and O–H groups in total. The van der Waals surface area contributed by atoms with Crippen molar-refractivity contribution < 1.29 is 14.3 Å². The highest BCUT2D eigenvalue weighted by atomic mass is 16.5. The molecule has 1 aromatic carbocycles. The maximum atomic E-state index is 11.6. The Balaban J connectivity index is 1.83. The third kappa shape index (κ3) is 3.56. The number of benzene rings is 1. The molecule has 102 valence electrons. The molecular formula is C15H19NO3. The summed E-state index contributed by atoms with van der Waals surface area (Å²) in [6.45, 7) is 2.62. The fourth-order valence-corrected chi connectivity index (χ4v) is 2.18. The topological polar surface area (TPSA) is 55.4 Å². The first-order chi connectivity index (χ1) is 9.16. The van der Waals surface area contributed by atoms with Crippen LogP contribution < -0.4 is 5.32 Å². The summed E-state index contributed by atoms with van der Waals surface area (Å²) in [5.74, 6) is -0.731. The Bertz CT molecular complexity index is 452. The van der Waals surface area contributed by atoms with Crippen LogP contribution in [-0.4, -0.2) is 25.0 Å². The van der Waals surface area contributed by atoms with Crippen molar-refractivity contribution in [2.75, 3.05) is 13.2 Å². The normalized spacial score (nSPS) is 15.6. The Morgan fingerprint density at radius 3 is 2.53 bits per heavy atom. The van der Waals surface area contributed by atoms with Crippen LogP contribution in [0.2, 0.25) is 0 Å². The van der Waals surface area contributed by atoms with Crippen molar-refractivity contribution in [1.29, 1.82) is 0 Å². The SMILES string of the molecule is CCOC(=O)CC(=O)NCC1(c2ccccc2)CC1. The zero-order chi connectivity index (χ0) is 13.7. The van der Waals surface area contributed by atoms with Gasteiger partial charge in [-0.15, -0.1) is 0 Å². The Morgan fingerprint density at radius 1 is 1.26 bits per heavy atom. The second-order valence-corrected chi connectivity index (χ2v) is 4.90. The third-order valence-electron chi connectivity index (χ3n) is 3.47. The molecule has 0 aliphatic heterocycles. The van der Waals surface area contributed by atoms with Gasteiger partial charge >= 0.3 is 5.97 Å². The maximum absolute atomic E-state index is 11.6. The largest absolute Gasteiger partial charge is 0.466 e. The zero-order valence-electron chi connectivity index (χ0n) is 11.1. The van der Waals surface area contributed by atoms with E-state index in [0.717, 1.165) is 12.8 Å². The van der Waals surface area contributed by atoms with Gasteiger partial charge in [0.15, 0.2) is 0 Å². The molecule has 0 heterocycles. The first-order valence-corrected chi connectivity index (χ1v) is 6.64. The van der Waals surface area contributed by atoms with Crippen LogP contribution in [-0.2, 0) is 19.7 Å². The van der Waals surface area contributed by atoms with Crippen molar-refractivity contribution >= 4 is 11.9 Å². The van der Waals surface area contributed by atoms with Gasteiger partial charge in [0.1, 0.15) is 6.42 Å². The van der Waals surface area contributed by atoms with Crippen molar-refractivity contribution in [3.05, 3.63) is 35.9 Å². The molecule has 1 amide bonds. The molecule has 1 aromatic rings. The van der Waals surface area contributed by atoms with Crippen LogP contribution >= 0.6 is 0 Å². The molecule has 0 radical (unpaired) electrons. The molecule has 0 unspecified atom stereocenters. The van der Waals surface area contributed by atoms with E-state index in [1.165, 1.54) is 5.56 Å². The Morgan fingerprint density at radius 2 is 1.95 bits per heavy atom. The molecule has 0 saturated heterocycles. The predicted octanol–water partition coefficient (Wildman–Crippen LogP) is 1.79. The number of nitrogens with one attached hydrogen (secondary N) is 1. The van der Waals surface area contributed by atoms with Gasteiger partial charge in [0.05, 0.1) is 6.61 Å². The third-order valence-corrected chi connectivity index (χ3v) is 3.47. The molecular weight excluding hydrogens is 242 g/mol. The first-order valence-electron chi connectivity index (χ1n) is 6.64. The summed E-state index contributed by atoms with van der Waals surface area (Å²) in [4.78, 5) is 22.8. The molecule has 4 nitrogen and oxygen atoms in total. The summed E-state index contributed by atoms with van der Waals surface area (Å²) in [5.41, 5.74) is 1.33. The van der Waals surface area contributed by atoms with Gasteiger partial charge in [-0.3, -0.25) is 9.59 Å². The van der Waals surface area contributed by atoms with Crippen LogP contribution in [0.15, 0.2) is 30.3 Å². The van der Waals surface area contributed by atoms with Crippen molar-refractivity contribution in [3.63, 3.8) is 0 Å². The van der Waals surface area contributed by atoms with E-state index in [-0.39, 0.29) is 17.7 Å². The molecule has 0 aromatic heterocycles. The van der Waals surface area contributed by atoms with Gasteiger partial charge in [0.25, 0.3) is 0 Å². The molecule has 0 spiro atoms. The van der Waals surface area contributed by atoms with Gasteiger partial charge in [-0.1, -0.05) is 30.3 Å². The standard InChI is InChI=1S/C15H19NO3/c1-2-19-14(18)10-13(17)16-11-15(8-9-15)12-6-4-3-5-7-12/h3-7H,2,8-11H2,1H3,(H,16,17). The Kier molecular flexibility index (Phi) is 4.20. The predicted molar refractivity (Wildman–Crippen MR) is 71.6 cm³/mol. The van der Waals surface area contributed by atoms with E-state index in [4.69, 9.17) is 4.74 Å². The molecule has 4 heteroatoms. The van der Waals surface area contributed by atoms with Crippen molar-refractivity contribution in [2.24, 2.45) is 0 Å². The van der Waals surface area contributed by atoms with Crippen LogP contribution in [0.4, 0.5) is 0 Å². The average Bonchev–Trinajstić information content (AvgIpc) is 3.19. The number of hydrogen-bond donors (Lipinski definition) is 1. The maximum Gasteiger partial charge on any atom is 0.315 e. The van der Waals surface area contributed by atoms with Gasteiger partial charge in [0, 0.05) is 12.0 Å². The highest BCUT2D eigenvalue weighted by molar-refractivity contribution is 5.94. The van der Waals surface area contributed by atoms with E-state index in [0.29, 0.717) is 13.2 Å². The van der Waals surface area contributed by atoms with Gasteiger partial charge < -0.3 is 10.1 Å². The lowest BCUT2D eigenvalue weighted by molar-refractivity contribution is -0.145. The van der Waals surface area contributed by atoms with Gasteiger partial charge in [-0.05, 0) is 25.3 Å². The lowest BCUT2D eigenvalue weighted by Gasteiger charge is -2.16. The van der Waals surface area contributed by atoms with Crippen LogP contribution in [0.25, 0.3) is 0 Å². The Labute approximate surface area is 113 Å². The quantitative estimate of drug-likeness (QED) is 0.627. The lowest BCUT2D eigenvalue weighted by Crippen LogP contribution is -2.33. The molecule has 1 saturated carbocycles. The number of ether oxygens (including phenoxy) is 1. The molecule has 2 rings (SSSR count). The summed E-state index contributed by atoms with van der Waals surface area (Å²) >= 11 is 0. The minimum atomic E-state index is -0.468. The number of carbonyl (C=O) groups excluding carboxylic acids is 2. The summed E-state index contributed by atoms with van der Waals surface area (Å²) in [6, 6.07) is 10.2. The van der Waals surface area contributed by atoms with Gasteiger partial charge in [-0.25, -0.2) is 0 Å². The second-order valence-electron chi connectivity index (χ2n) is 4.90. The summed E-state index contributed by atoms with van der Waals surface area (Å²) < 4.78 is 4.74. The lowest BCUT2D eigenvalue weighted by atomic mass is 9.96. The van der Waals surface area contributed by atoms with E-state index >= 15 is 0 Å². The summed E-state index contributed by atoms with van der Waals surface area (Å²) in [6.07, 6.45) is 1.96. The second kappa shape index (κ2) is 5.87. The fraction of sp³-hybridized carbons (Fsp3) is 0.467. The molecule has 0 bridgehead atoms. The minimum Gasteiger partial charge on any atom is -0.466 e. The average molecular weight is 261 g/mol. The summed E-state index contributed by atoms with van der Waals surface area (Å²) in [5, 5.41) is 2.83. The number of amides is 1. The van der Waals surface area contributed by atoms with E-state index in [2.05, 4.69) is 17.4 Å². The first kappa shape index (κ1) is 13.6. The van der Waals surface area contributed by atoms with Gasteiger partial charge in [-0.2, -0.15) is 0 Å². The van der Waals surface area contributed by atoms with Crippen molar-refractivity contribution in [2.45, 2.75) is 31.6 Å². The number of rotatable bonds is 6. The number of hydrogen-bond acceptors (Lipinski definition) is 3. The summed E-state index contributed by atoms with van der Waals surface area (Å²) in [7, 11) is 0. The molecule has 1 fully saturated rings. The Hall–Kier alpha value is -1.84. The van der Waals surface area contributed by atoms with Gasteiger partial charge in [0.2, 0.25) is 5.91 Å². The minimum absolute atomic E-state index is 0.0750. The number of carbonyl (C=O) groups is 2. The molecule has 19 heavy (non-hydrogen) atoms. The van der Waals surface area contributed by atoms with Crippen LogP contribution in [0, 0.1) is 0 Å². The van der Waals surface area contributed by atoms with Crippen LogP contribution in [0.5, 0.6) is 0 Å². The molecule has 1 aliphatic carbocycles. The zero-order valence-corrected chi connectivity index (χ0v) is 11.1. The highest BCUT2D eigenvalue weighted by Crippen LogP contribution is 2.47. The number of esters is 1. The van der Waals surface area contributed by atoms with Crippen LogP contribution in [0.3, 0.4) is 0 Å². The smallest absolute Gasteiger partial charge is 0.315 e. The molecule has 1 aliphatic rings. The fourth-order valence-electron chi connectivity index (χ4n) is 2.18. The monoisotopic (exact) mass is 261 g/mol. The van der Waals surface area contributed by atoms with E-state index < -0.39 is 5.97 Å². The van der Waals surface area contributed by atoms with E-state index in [1.54, 1.807) is 6.92 Å². The van der Waals surface area contributed by atoms with E-state index in [9.17, 15) is 9.59 Å². The van der Waals surface area contributed by atoms with Crippen molar-refractivity contribution in [3.8, 4) is 0 Å².